The number of rotatable bonds is 7. The molecule has 6 nitrogen and oxygen atoms in total. The van der Waals surface area contributed by atoms with Crippen LogP contribution in [0.15, 0.2) is 78.9 Å². The van der Waals surface area contributed by atoms with Gasteiger partial charge in [-0.25, -0.2) is 0 Å². The van der Waals surface area contributed by atoms with Gasteiger partial charge in [0.25, 0.3) is 5.91 Å². The summed E-state index contributed by atoms with van der Waals surface area (Å²) in [5.41, 5.74) is 2.18. The first kappa shape index (κ1) is 23.7. The molecule has 2 N–H and O–H groups in total. The van der Waals surface area contributed by atoms with Crippen LogP contribution in [0.5, 0.6) is 0 Å². The molecule has 0 saturated carbocycles. The van der Waals surface area contributed by atoms with E-state index in [9.17, 15) is 14.4 Å². The van der Waals surface area contributed by atoms with Crippen LogP contribution in [0.1, 0.15) is 33.6 Å². The van der Waals surface area contributed by atoms with E-state index in [1.807, 2.05) is 35.2 Å². The SMILES string of the molecule is O=C(CN1CCC(C(=O)c2ccccc2)CC1)Nc1ccccc1C(=O)Nc1ccc(Cl)cc1. The lowest BCUT2D eigenvalue weighted by atomic mass is 9.89. The smallest absolute Gasteiger partial charge is 0.257 e. The summed E-state index contributed by atoms with van der Waals surface area (Å²) in [6.45, 7) is 1.56. The van der Waals surface area contributed by atoms with Gasteiger partial charge in [0.2, 0.25) is 5.91 Å². The molecule has 3 aromatic carbocycles. The van der Waals surface area contributed by atoms with E-state index in [2.05, 4.69) is 10.6 Å². The Morgan fingerprint density at radius 1 is 0.824 bits per heavy atom. The number of nitrogens with zero attached hydrogens (tertiary/aromatic N) is 1. The molecule has 1 aliphatic rings. The Morgan fingerprint density at radius 3 is 2.18 bits per heavy atom. The number of hydrogen-bond donors (Lipinski definition) is 2. The van der Waals surface area contributed by atoms with E-state index in [4.69, 9.17) is 11.6 Å². The Kier molecular flexibility index (Phi) is 7.72. The molecule has 1 fully saturated rings. The van der Waals surface area contributed by atoms with Crippen LogP contribution in [0.2, 0.25) is 5.02 Å². The fourth-order valence-corrected chi connectivity index (χ4v) is 4.23. The zero-order valence-electron chi connectivity index (χ0n) is 18.7. The summed E-state index contributed by atoms with van der Waals surface area (Å²) in [6, 6.07) is 23.1. The van der Waals surface area contributed by atoms with Crippen molar-refractivity contribution in [3.05, 3.63) is 95.0 Å². The number of carbonyl (C=O) groups is 3. The highest BCUT2D eigenvalue weighted by atomic mass is 35.5. The van der Waals surface area contributed by atoms with Crippen LogP contribution in [0.4, 0.5) is 11.4 Å². The van der Waals surface area contributed by atoms with Crippen molar-refractivity contribution in [1.29, 1.82) is 0 Å². The number of benzene rings is 3. The zero-order valence-corrected chi connectivity index (χ0v) is 19.4. The standard InChI is InChI=1S/C27H26ClN3O3/c28-21-10-12-22(13-11-21)29-27(34)23-8-4-5-9-24(23)30-25(32)18-31-16-14-20(15-17-31)26(33)19-6-2-1-3-7-19/h1-13,20H,14-18H2,(H,29,34)(H,30,32). The van der Waals surface area contributed by atoms with Gasteiger partial charge in [-0.15, -0.1) is 0 Å². The molecule has 2 amide bonds. The molecule has 0 aromatic heterocycles. The second kappa shape index (κ2) is 11.1. The molecular formula is C27H26ClN3O3. The first-order chi connectivity index (χ1) is 16.5. The molecule has 3 aromatic rings. The molecule has 1 aliphatic heterocycles. The molecule has 0 radical (unpaired) electrons. The number of nitrogens with one attached hydrogen (secondary N) is 2. The van der Waals surface area contributed by atoms with Crippen LogP contribution in [0.25, 0.3) is 0 Å². The zero-order chi connectivity index (χ0) is 23.9. The van der Waals surface area contributed by atoms with Gasteiger partial charge < -0.3 is 10.6 Å². The van der Waals surface area contributed by atoms with Gasteiger partial charge in [0.05, 0.1) is 17.8 Å². The topological polar surface area (TPSA) is 78.5 Å². The predicted molar refractivity (Wildman–Crippen MR) is 134 cm³/mol. The van der Waals surface area contributed by atoms with Crippen molar-refractivity contribution in [2.75, 3.05) is 30.3 Å². The van der Waals surface area contributed by atoms with Crippen molar-refractivity contribution in [3.63, 3.8) is 0 Å². The molecule has 4 rings (SSSR count). The highest BCUT2D eigenvalue weighted by molar-refractivity contribution is 6.30. The number of piperidine rings is 1. The summed E-state index contributed by atoms with van der Waals surface area (Å²) in [7, 11) is 0. The van der Waals surface area contributed by atoms with Crippen LogP contribution >= 0.6 is 11.6 Å². The second-order valence-electron chi connectivity index (χ2n) is 8.34. The van der Waals surface area contributed by atoms with E-state index in [0.29, 0.717) is 35.1 Å². The lowest BCUT2D eigenvalue weighted by Gasteiger charge is -2.30. The average Bonchev–Trinajstić information content (AvgIpc) is 2.86. The number of ketones is 1. The van der Waals surface area contributed by atoms with Gasteiger partial charge in [-0.1, -0.05) is 54.1 Å². The predicted octanol–water partition coefficient (Wildman–Crippen LogP) is 5.13. The number of anilines is 2. The summed E-state index contributed by atoms with van der Waals surface area (Å²) in [4.78, 5) is 40.2. The lowest BCUT2D eigenvalue weighted by Crippen LogP contribution is -2.40. The molecule has 1 saturated heterocycles. The average molecular weight is 476 g/mol. The largest absolute Gasteiger partial charge is 0.324 e. The lowest BCUT2D eigenvalue weighted by molar-refractivity contribution is -0.117. The van der Waals surface area contributed by atoms with E-state index < -0.39 is 0 Å². The van der Waals surface area contributed by atoms with E-state index in [0.717, 1.165) is 18.4 Å². The van der Waals surface area contributed by atoms with Crippen molar-refractivity contribution in [2.45, 2.75) is 12.8 Å². The van der Waals surface area contributed by atoms with Gasteiger partial charge >= 0.3 is 0 Å². The van der Waals surface area contributed by atoms with Gasteiger partial charge in [0, 0.05) is 22.2 Å². The van der Waals surface area contributed by atoms with Crippen LogP contribution in [-0.4, -0.2) is 42.1 Å². The minimum absolute atomic E-state index is 0.0148. The monoisotopic (exact) mass is 475 g/mol. The number of carbonyl (C=O) groups excluding carboxylic acids is 3. The van der Waals surface area contributed by atoms with Crippen molar-refractivity contribution < 1.29 is 14.4 Å². The third-order valence-electron chi connectivity index (χ3n) is 5.93. The molecule has 34 heavy (non-hydrogen) atoms. The Morgan fingerprint density at radius 2 is 1.47 bits per heavy atom. The Balaban J connectivity index is 1.31. The Labute approximate surface area is 203 Å². The van der Waals surface area contributed by atoms with Crippen LogP contribution in [0.3, 0.4) is 0 Å². The number of amides is 2. The van der Waals surface area contributed by atoms with Crippen molar-refractivity contribution in [3.8, 4) is 0 Å². The summed E-state index contributed by atoms with van der Waals surface area (Å²) >= 11 is 5.90. The molecule has 0 bridgehead atoms. The van der Waals surface area contributed by atoms with E-state index >= 15 is 0 Å². The van der Waals surface area contributed by atoms with Gasteiger partial charge in [-0.2, -0.15) is 0 Å². The first-order valence-corrected chi connectivity index (χ1v) is 11.6. The highest BCUT2D eigenvalue weighted by Gasteiger charge is 2.26. The van der Waals surface area contributed by atoms with E-state index in [1.54, 1.807) is 48.5 Å². The molecule has 0 aliphatic carbocycles. The quantitative estimate of drug-likeness (QED) is 0.464. The van der Waals surface area contributed by atoms with Gasteiger partial charge in [0.15, 0.2) is 5.78 Å². The second-order valence-corrected chi connectivity index (χ2v) is 8.77. The summed E-state index contributed by atoms with van der Waals surface area (Å²) < 4.78 is 0. The Hall–Kier alpha value is -3.48. The third kappa shape index (κ3) is 6.10. The number of halogens is 1. The summed E-state index contributed by atoms with van der Waals surface area (Å²) in [6.07, 6.45) is 1.45. The van der Waals surface area contributed by atoms with Crippen molar-refractivity contribution in [2.24, 2.45) is 5.92 Å². The van der Waals surface area contributed by atoms with Crippen LogP contribution < -0.4 is 10.6 Å². The summed E-state index contributed by atoms with van der Waals surface area (Å²) in [5, 5.41) is 6.26. The molecule has 1 heterocycles. The maximum Gasteiger partial charge on any atom is 0.257 e. The van der Waals surface area contributed by atoms with Crippen LogP contribution in [0, 0.1) is 5.92 Å². The highest BCUT2D eigenvalue weighted by Crippen LogP contribution is 2.22. The first-order valence-electron chi connectivity index (χ1n) is 11.3. The van der Waals surface area contributed by atoms with Crippen LogP contribution in [-0.2, 0) is 4.79 Å². The molecular weight excluding hydrogens is 450 g/mol. The molecule has 174 valence electrons. The maximum absolute atomic E-state index is 12.8. The van der Waals surface area contributed by atoms with Crippen molar-refractivity contribution >= 4 is 40.6 Å². The third-order valence-corrected chi connectivity index (χ3v) is 6.18. The molecule has 7 heteroatoms. The molecule has 0 atom stereocenters. The molecule has 0 unspecified atom stereocenters. The van der Waals surface area contributed by atoms with Gasteiger partial charge in [-0.3, -0.25) is 19.3 Å². The van der Waals surface area contributed by atoms with Gasteiger partial charge in [0.1, 0.15) is 0 Å². The fraction of sp³-hybridized carbons (Fsp3) is 0.222. The maximum atomic E-state index is 12.8. The Bertz CT molecular complexity index is 1160. The normalized spacial score (nSPS) is 14.4. The van der Waals surface area contributed by atoms with Gasteiger partial charge in [-0.05, 0) is 62.3 Å². The number of hydrogen-bond acceptors (Lipinski definition) is 4. The molecule has 0 spiro atoms. The minimum Gasteiger partial charge on any atom is -0.324 e. The summed E-state index contributed by atoms with van der Waals surface area (Å²) in [5.74, 6) is -0.359. The number of likely N-dealkylation sites (tertiary alicyclic amines) is 1. The fourth-order valence-electron chi connectivity index (χ4n) is 4.11. The minimum atomic E-state index is -0.321. The number of Topliss-reactive ketones (excluding diaryl/α,β-unsaturated/α-hetero) is 1. The van der Waals surface area contributed by atoms with Crippen molar-refractivity contribution in [1.82, 2.24) is 4.90 Å². The number of para-hydroxylation sites is 1. The van der Waals surface area contributed by atoms with E-state index in [-0.39, 0.29) is 30.1 Å². The van der Waals surface area contributed by atoms with E-state index in [1.165, 1.54) is 0 Å².